The predicted octanol–water partition coefficient (Wildman–Crippen LogP) is 2.86. The van der Waals surface area contributed by atoms with Crippen molar-refractivity contribution in [2.75, 3.05) is 7.11 Å². The Balaban J connectivity index is 0. The Labute approximate surface area is 75.4 Å². The highest BCUT2D eigenvalue weighted by Crippen LogP contribution is 1.98. The smallest absolute Gasteiger partial charge is 0.0319 e. The van der Waals surface area contributed by atoms with E-state index in [0.29, 0.717) is 0 Å². The number of hydrogen-bond acceptors (Lipinski definition) is 1. The summed E-state index contributed by atoms with van der Waals surface area (Å²) >= 11 is 0. The summed E-state index contributed by atoms with van der Waals surface area (Å²) in [5.74, 6) is 0. The molecule has 1 heteroatoms. The van der Waals surface area contributed by atoms with Gasteiger partial charge in [0.25, 0.3) is 0 Å². The van der Waals surface area contributed by atoms with Crippen LogP contribution < -0.4 is 0 Å². The molecule has 0 aliphatic heterocycles. The van der Waals surface area contributed by atoms with Gasteiger partial charge in [-0.1, -0.05) is 43.0 Å². The second-order valence-corrected chi connectivity index (χ2v) is 1.88. The minimum atomic E-state index is 1.00. The number of allylic oxidation sites excluding steroid dienone is 7. The van der Waals surface area contributed by atoms with Crippen molar-refractivity contribution in [3.05, 3.63) is 48.6 Å². The molecule has 0 spiro atoms. The summed E-state index contributed by atoms with van der Waals surface area (Å²) in [7, 11) is 1.00. The van der Waals surface area contributed by atoms with E-state index in [1.165, 1.54) is 5.57 Å². The van der Waals surface area contributed by atoms with Crippen LogP contribution in [-0.2, 0) is 0 Å². The van der Waals surface area contributed by atoms with E-state index in [0.717, 1.165) is 7.11 Å². The third kappa shape index (κ3) is 8.92. The summed E-state index contributed by atoms with van der Waals surface area (Å²) < 4.78 is 0. The first kappa shape index (κ1) is 13.5. The van der Waals surface area contributed by atoms with E-state index < -0.39 is 0 Å². The fourth-order valence-corrected chi connectivity index (χ4v) is 0.620. The highest BCUT2D eigenvalue weighted by molar-refractivity contribution is 5.31. The Morgan fingerprint density at radius 2 is 1.75 bits per heavy atom. The molecule has 1 nitrogen and oxygen atoms in total. The van der Waals surface area contributed by atoms with Crippen molar-refractivity contribution in [2.24, 2.45) is 0 Å². The van der Waals surface area contributed by atoms with E-state index in [1.54, 1.807) is 6.08 Å². The summed E-state index contributed by atoms with van der Waals surface area (Å²) in [6.45, 7) is 7.61. The average molecular weight is 166 g/mol. The van der Waals surface area contributed by atoms with E-state index in [-0.39, 0.29) is 0 Å². The maximum Gasteiger partial charge on any atom is 0.0319 e. The molecule has 0 radical (unpaired) electrons. The Morgan fingerprint density at radius 1 is 1.17 bits per heavy atom. The van der Waals surface area contributed by atoms with Crippen molar-refractivity contribution in [2.45, 2.75) is 13.8 Å². The normalized spacial score (nSPS) is 11.5. The topological polar surface area (TPSA) is 20.2 Å². The average Bonchev–Trinajstić information content (AvgIpc) is 2.15. The molecule has 0 rings (SSSR count). The lowest BCUT2D eigenvalue weighted by Crippen LogP contribution is -1.66. The molecule has 0 amide bonds. The van der Waals surface area contributed by atoms with Gasteiger partial charge in [0.05, 0.1) is 0 Å². The Morgan fingerprint density at radius 3 is 2.08 bits per heavy atom. The Kier molecular flexibility index (Phi) is 14.2. The van der Waals surface area contributed by atoms with Crippen molar-refractivity contribution in [3.63, 3.8) is 0 Å². The van der Waals surface area contributed by atoms with Crippen LogP contribution in [0.2, 0.25) is 0 Å². The molecule has 0 heterocycles. The van der Waals surface area contributed by atoms with Crippen molar-refractivity contribution >= 4 is 0 Å². The zero-order chi connectivity index (χ0) is 9.82. The second kappa shape index (κ2) is 12.6. The van der Waals surface area contributed by atoms with Crippen molar-refractivity contribution in [1.82, 2.24) is 0 Å². The van der Waals surface area contributed by atoms with Gasteiger partial charge in [-0.3, -0.25) is 0 Å². The van der Waals surface area contributed by atoms with Crippen LogP contribution in [0.1, 0.15) is 13.8 Å². The molecule has 0 aromatic carbocycles. The van der Waals surface area contributed by atoms with Crippen molar-refractivity contribution < 1.29 is 5.11 Å². The molecule has 0 atom stereocenters. The number of aliphatic hydroxyl groups is 1. The lowest BCUT2D eigenvalue weighted by molar-refractivity contribution is 0.399. The second-order valence-electron chi connectivity index (χ2n) is 1.88. The van der Waals surface area contributed by atoms with Gasteiger partial charge in [-0.05, 0) is 19.4 Å². The fourth-order valence-electron chi connectivity index (χ4n) is 0.620. The zero-order valence-electron chi connectivity index (χ0n) is 8.12. The summed E-state index contributed by atoms with van der Waals surface area (Å²) in [5.41, 5.74) is 1.21. The number of hydrogen-bond donors (Lipinski definition) is 1. The van der Waals surface area contributed by atoms with Gasteiger partial charge < -0.3 is 5.11 Å². The largest absolute Gasteiger partial charge is 0.400 e. The van der Waals surface area contributed by atoms with E-state index in [1.807, 2.05) is 32.1 Å². The minimum absolute atomic E-state index is 1.00. The minimum Gasteiger partial charge on any atom is -0.400 e. The molecule has 0 bridgehead atoms. The zero-order valence-corrected chi connectivity index (χ0v) is 8.12. The molecule has 0 aromatic heterocycles. The quantitative estimate of drug-likeness (QED) is 0.639. The number of rotatable bonds is 3. The Bertz CT molecular complexity index is 173. The van der Waals surface area contributed by atoms with Crippen LogP contribution in [0.25, 0.3) is 0 Å². The predicted molar refractivity (Wildman–Crippen MR) is 56.1 cm³/mol. The lowest BCUT2D eigenvalue weighted by atomic mass is 10.2. The summed E-state index contributed by atoms with van der Waals surface area (Å²) in [5, 5.41) is 7.00. The van der Waals surface area contributed by atoms with Gasteiger partial charge in [-0.15, -0.1) is 0 Å². The molecule has 0 unspecified atom stereocenters. The molecule has 0 saturated heterocycles. The van der Waals surface area contributed by atoms with Crippen molar-refractivity contribution in [3.8, 4) is 0 Å². The van der Waals surface area contributed by atoms with Gasteiger partial charge in [0, 0.05) is 7.11 Å². The highest BCUT2D eigenvalue weighted by Gasteiger charge is 1.77. The van der Waals surface area contributed by atoms with Gasteiger partial charge >= 0.3 is 0 Å². The molecule has 0 aliphatic rings. The molecule has 12 heavy (non-hydrogen) atoms. The highest BCUT2D eigenvalue weighted by atomic mass is 16.2. The molecule has 0 saturated carbocycles. The van der Waals surface area contributed by atoms with Gasteiger partial charge in [-0.25, -0.2) is 0 Å². The van der Waals surface area contributed by atoms with Crippen LogP contribution in [0.15, 0.2) is 48.6 Å². The van der Waals surface area contributed by atoms with Gasteiger partial charge in [0.15, 0.2) is 0 Å². The fraction of sp³-hybridized carbons (Fsp3) is 0.273. The third-order valence-corrected chi connectivity index (χ3v) is 1.12. The first-order valence-electron chi connectivity index (χ1n) is 3.88. The summed E-state index contributed by atoms with van der Waals surface area (Å²) in [6, 6.07) is 0. The van der Waals surface area contributed by atoms with Crippen LogP contribution in [0, 0.1) is 0 Å². The van der Waals surface area contributed by atoms with Crippen LogP contribution in [0.5, 0.6) is 0 Å². The summed E-state index contributed by atoms with van der Waals surface area (Å²) in [4.78, 5) is 0. The summed E-state index contributed by atoms with van der Waals surface area (Å²) in [6.07, 6.45) is 11.8. The van der Waals surface area contributed by atoms with Gasteiger partial charge in [0.1, 0.15) is 0 Å². The molecular formula is C11H18O. The van der Waals surface area contributed by atoms with Gasteiger partial charge in [-0.2, -0.15) is 0 Å². The van der Waals surface area contributed by atoms with Crippen molar-refractivity contribution in [1.29, 1.82) is 0 Å². The standard InChI is InChI=1S/C10H14.CH4O/c1-4-7-9-10(6-3)8-5-2;1-2/h4-9H,1H2,2-3H3;2H,1H3/b8-5+,9-7-,10-6-;. The SMILES string of the molecule is C=C\C=C/C(=C\C)/C=C/C.CO. The maximum atomic E-state index is 7.00. The first-order chi connectivity index (χ1) is 5.85. The van der Waals surface area contributed by atoms with Crippen LogP contribution in [0.3, 0.4) is 0 Å². The molecule has 1 N–H and O–H groups in total. The van der Waals surface area contributed by atoms with Gasteiger partial charge in [0.2, 0.25) is 0 Å². The molecular weight excluding hydrogens is 148 g/mol. The Hall–Kier alpha value is -1.08. The first-order valence-corrected chi connectivity index (χ1v) is 3.88. The third-order valence-electron chi connectivity index (χ3n) is 1.12. The van der Waals surface area contributed by atoms with E-state index in [2.05, 4.69) is 18.7 Å². The van der Waals surface area contributed by atoms with Crippen LogP contribution >= 0.6 is 0 Å². The maximum absolute atomic E-state index is 7.00. The molecule has 0 aliphatic carbocycles. The monoisotopic (exact) mass is 166 g/mol. The lowest BCUT2D eigenvalue weighted by Gasteiger charge is -1.87. The molecule has 0 fully saturated rings. The molecule has 0 aromatic rings. The van der Waals surface area contributed by atoms with Crippen LogP contribution in [0.4, 0.5) is 0 Å². The van der Waals surface area contributed by atoms with E-state index in [9.17, 15) is 0 Å². The van der Waals surface area contributed by atoms with E-state index in [4.69, 9.17) is 5.11 Å². The van der Waals surface area contributed by atoms with E-state index >= 15 is 0 Å². The number of aliphatic hydroxyl groups excluding tert-OH is 1. The molecule has 68 valence electrons. The van der Waals surface area contributed by atoms with Crippen LogP contribution in [-0.4, -0.2) is 12.2 Å².